The number of hydrogen-bond acceptors (Lipinski definition) is 3. The summed E-state index contributed by atoms with van der Waals surface area (Å²) < 4.78 is 0. The molecule has 3 heterocycles. The number of amides is 1. The third-order valence-corrected chi connectivity index (χ3v) is 5.07. The number of rotatable bonds is 3. The molecule has 110 valence electrons. The summed E-state index contributed by atoms with van der Waals surface area (Å²) in [4.78, 5) is 14.6. The number of carbonyl (C=O) groups excluding carboxylic acids is 1. The lowest BCUT2D eigenvalue weighted by Gasteiger charge is -2.49. The SMILES string of the molecule is Cc1n[nH]c(C)c1CC(=O)N1CC2CCC1C(CO)C2. The number of aliphatic hydroxyl groups excluding tert-OH is 1. The molecule has 1 saturated carbocycles. The maximum atomic E-state index is 12.6. The van der Waals surface area contributed by atoms with E-state index in [1.165, 1.54) is 6.42 Å². The molecule has 0 aromatic carbocycles. The minimum Gasteiger partial charge on any atom is -0.396 e. The molecular formula is C15H23N3O2. The summed E-state index contributed by atoms with van der Waals surface area (Å²) in [6.45, 7) is 4.97. The second-order valence-electron chi connectivity index (χ2n) is 6.32. The van der Waals surface area contributed by atoms with Crippen molar-refractivity contribution in [3.63, 3.8) is 0 Å². The number of aromatic nitrogens is 2. The average Bonchev–Trinajstić information content (AvgIpc) is 2.79. The Hall–Kier alpha value is -1.36. The minimum atomic E-state index is 0.186. The molecule has 5 nitrogen and oxygen atoms in total. The summed E-state index contributed by atoms with van der Waals surface area (Å²) in [6.07, 6.45) is 3.75. The van der Waals surface area contributed by atoms with Crippen LogP contribution in [0.2, 0.25) is 0 Å². The van der Waals surface area contributed by atoms with E-state index in [1.807, 2.05) is 18.7 Å². The first-order valence-corrected chi connectivity index (χ1v) is 7.51. The number of H-pyrrole nitrogens is 1. The molecule has 2 aliphatic heterocycles. The summed E-state index contributed by atoms with van der Waals surface area (Å²) in [5.41, 5.74) is 2.92. The van der Waals surface area contributed by atoms with Crippen LogP contribution < -0.4 is 0 Å². The lowest BCUT2D eigenvalue weighted by atomic mass is 9.73. The monoisotopic (exact) mass is 277 g/mol. The van der Waals surface area contributed by atoms with Gasteiger partial charge in [0.15, 0.2) is 0 Å². The fourth-order valence-corrected chi connectivity index (χ4v) is 3.91. The zero-order valence-electron chi connectivity index (χ0n) is 12.2. The fourth-order valence-electron chi connectivity index (χ4n) is 3.91. The Kier molecular flexibility index (Phi) is 3.54. The van der Waals surface area contributed by atoms with Gasteiger partial charge in [-0.3, -0.25) is 9.89 Å². The number of aliphatic hydroxyl groups is 1. The molecule has 3 atom stereocenters. The highest BCUT2D eigenvalue weighted by Gasteiger charge is 2.42. The quantitative estimate of drug-likeness (QED) is 0.872. The zero-order valence-corrected chi connectivity index (χ0v) is 12.2. The Labute approximate surface area is 119 Å². The maximum Gasteiger partial charge on any atom is 0.227 e. The van der Waals surface area contributed by atoms with Gasteiger partial charge in [-0.05, 0) is 39.0 Å². The second-order valence-corrected chi connectivity index (χ2v) is 6.32. The Bertz CT molecular complexity index is 492. The largest absolute Gasteiger partial charge is 0.396 e. The van der Waals surface area contributed by atoms with E-state index in [0.717, 1.165) is 36.3 Å². The molecule has 4 rings (SSSR count). The first-order chi connectivity index (χ1) is 9.60. The van der Waals surface area contributed by atoms with Crippen molar-refractivity contribution in [2.45, 2.75) is 45.6 Å². The van der Waals surface area contributed by atoms with Gasteiger partial charge >= 0.3 is 0 Å². The number of aryl methyl sites for hydroxylation is 2. The van der Waals surface area contributed by atoms with Crippen molar-refractivity contribution in [1.82, 2.24) is 15.1 Å². The normalized spacial score (nSPS) is 28.9. The van der Waals surface area contributed by atoms with Crippen LogP contribution in [0.15, 0.2) is 0 Å². The van der Waals surface area contributed by atoms with Crippen molar-refractivity contribution in [2.75, 3.05) is 13.2 Å². The highest BCUT2D eigenvalue weighted by molar-refractivity contribution is 5.80. The highest BCUT2D eigenvalue weighted by atomic mass is 16.3. The molecule has 2 saturated heterocycles. The molecule has 0 radical (unpaired) electrons. The van der Waals surface area contributed by atoms with E-state index < -0.39 is 0 Å². The molecule has 2 N–H and O–H groups in total. The number of hydrogen-bond donors (Lipinski definition) is 2. The van der Waals surface area contributed by atoms with E-state index >= 15 is 0 Å². The fraction of sp³-hybridized carbons (Fsp3) is 0.733. The third-order valence-electron chi connectivity index (χ3n) is 5.07. The summed E-state index contributed by atoms with van der Waals surface area (Å²) >= 11 is 0. The zero-order chi connectivity index (χ0) is 14.3. The van der Waals surface area contributed by atoms with E-state index in [1.54, 1.807) is 0 Å². The van der Waals surface area contributed by atoms with E-state index in [4.69, 9.17) is 0 Å². The summed E-state index contributed by atoms with van der Waals surface area (Å²) in [7, 11) is 0. The number of nitrogens with zero attached hydrogens (tertiary/aromatic N) is 2. The van der Waals surface area contributed by atoms with Crippen molar-refractivity contribution in [1.29, 1.82) is 0 Å². The van der Waals surface area contributed by atoms with Crippen LogP contribution >= 0.6 is 0 Å². The van der Waals surface area contributed by atoms with Crippen LogP contribution in [-0.4, -0.2) is 45.3 Å². The molecule has 1 aliphatic carbocycles. The van der Waals surface area contributed by atoms with Gasteiger partial charge in [-0.25, -0.2) is 0 Å². The van der Waals surface area contributed by atoms with E-state index in [9.17, 15) is 9.90 Å². The van der Waals surface area contributed by atoms with Crippen LogP contribution in [0.1, 0.15) is 36.2 Å². The Morgan fingerprint density at radius 3 is 2.85 bits per heavy atom. The van der Waals surface area contributed by atoms with E-state index in [0.29, 0.717) is 12.3 Å². The molecule has 3 aliphatic rings. The van der Waals surface area contributed by atoms with Crippen LogP contribution in [0.3, 0.4) is 0 Å². The average molecular weight is 277 g/mol. The standard InChI is InChI=1S/C15H23N3O2/c1-9-13(10(2)17-16-9)6-15(20)18-7-11-3-4-14(18)12(5-11)8-19/h11-12,14,19H,3-8H2,1-2H3,(H,16,17). The Balaban J connectivity index is 1.74. The van der Waals surface area contributed by atoms with Gasteiger partial charge in [-0.1, -0.05) is 0 Å². The molecule has 1 aromatic heterocycles. The Morgan fingerprint density at radius 1 is 1.45 bits per heavy atom. The van der Waals surface area contributed by atoms with Gasteiger partial charge in [0.2, 0.25) is 5.91 Å². The van der Waals surface area contributed by atoms with Crippen molar-refractivity contribution < 1.29 is 9.90 Å². The molecule has 5 heteroatoms. The van der Waals surface area contributed by atoms with Crippen LogP contribution in [0.5, 0.6) is 0 Å². The van der Waals surface area contributed by atoms with E-state index in [2.05, 4.69) is 10.2 Å². The van der Waals surface area contributed by atoms with Gasteiger partial charge in [0.25, 0.3) is 0 Å². The number of piperidine rings is 2. The maximum absolute atomic E-state index is 12.6. The molecular weight excluding hydrogens is 254 g/mol. The lowest BCUT2D eigenvalue weighted by molar-refractivity contribution is -0.142. The molecule has 20 heavy (non-hydrogen) atoms. The molecule has 2 bridgehead atoms. The second kappa shape index (κ2) is 5.20. The van der Waals surface area contributed by atoms with Gasteiger partial charge in [-0.15, -0.1) is 0 Å². The molecule has 0 spiro atoms. The van der Waals surface area contributed by atoms with Crippen LogP contribution in [0, 0.1) is 25.7 Å². The lowest BCUT2D eigenvalue weighted by Crippen LogP contribution is -2.56. The van der Waals surface area contributed by atoms with Crippen molar-refractivity contribution in [3.8, 4) is 0 Å². The summed E-state index contributed by atoms with van der Waals surface area (Å²) in [5.74, 6) is 1.04. The van der Waals surface area contributed by atoms with Crippen LogP contribution in [-0.2, 0) is 11.2 Å². The van der Waals surface area contributed by atoms with Gasteiger partial charge < -0.3 is 10.0 Å². The van der Waals surface area contributed by atoms with Gasteiger partial charge in [-0.2, -0.15) is 5.10 Å². The topological polar surface area (TPSA) is 69.2 Å². The van der Waals surface area contributed by atoms with Crippen molar-refractivity contribution >= 4 is 5.91 Å². The molecule has 1 amide bonds. The number of fused-ring (bicyclic) bond motifs is 3. The van der Waals surface area contributed by atoms with Crippen LogP contribution in [0.4, 0.5) is 0 Å². The van der Waals surface area contributed by atoms with Gasteiger partial charge in [0.05, 0.1) is 12.1 Å². The first-order valence-electron chi connectivity index (χ1n) is 7.51. The van der Waals surface area contributed by atoms with Gasteiger partial charge in [0.1, 0.15) is 0 Å². The van der Waals surface area contributed by atoms with Crippen molar-refractivity contribution in [3.05, 3.63) is 17.0 Å². The summed E-state index contributed by atoms with van der Waals surface area (Å²) in [5, 5.41) is 16.6. The Morgan fingerprint density at radius 2 is 2.25 bits per heavy atom. The number of aromatic amines is 1. The molecule has 3 fully saturated rings. The number of nitrogens with one attached hydrogen (secondary N) is 1. The molecule has 3 unspecified atom stereocenters. The highest BCUT2D eigenvalue weighted by Crippen LogP contribution is 2.39. The molecule has 1 aromatic rings. The number of carbonyl (C=O) groups is 1. The predicted molar refractivity (Wildman–Crippen MR) is 75.2 cm³/mol. The first kappa shape index (κ1) is 13.6. The predicted octanol–water partition coefficient (Wildman–Crippen LogP) is 1.19. The smallest absolute Gasteiger partial charge is 0.227 e. The third kappa shape index (κ3) is 2.24. The van der Waals surface area contributed by atoms with E-state index in [-0.39, 0.29) is 24.5 Å². The van der Waals surface area contributed by atoms with Crippen molar-refractivity contribution in [2.24, 2.45) is 11.8 Å². The summed E-state index contributed by atoms with van der Waals surface area (Å²) in [6, 6.07) is 0.241. The minimum absolute atomic E-state index is 0.186. The van der Waals surface area contributed by atoms with Crippen LogP contribution in [0.25, 0.3) is 0 Å². The van der Waals surface area contributed by atoms with Gasteiger partial charge in [0, 0.05) is 36.4 Å².